The van der Waals surface area contributed by atoms with Crippen molar-refractivity contribution in [2.45, 2.75) is 81.8 Å². The van der Waals surface area contributed by atoms with Crippen molar-refractivity contribution < 1.29 is 14.6 Å². The molecule has 5 rings (SSSR count). The van der Waals surface area contributed by atoms with Crippen molar-refractivity contribution in [1.82, 2.24) is 9.80 Å². The van der Waals surface area contributed by atoms with Crippen LogP contribution in [0.15, 0.2) is 36.4 Å². The van der Waals surface area contributed by atoms with Gasteiger partial charge in [-0.2, -0.15) is 0 Å². The molecule has 1 amide bonds. The van der Waals surface area contributed by atoms with Gasteiger partial charge >= 0.3 is 0 Å². The number of piperidine rings is 2. The number of hydrogen-bond donors (Lipinski definition) is 1. The predicted octanol–water partition coefficient (Wildman–Crippen LogP) is 5.10. The number of aliphatic hydroxyl groups is 1. The average Bonchev–Trinajstić information content (AvgIpc) is 2.89. The highest BCUT2D eigenvalue weighted by Crippen LogP contribution is 2.42. The van der Waals surface area contributed by atoms with E-state index in [0.717, 1.165) is 67.3 Å². The molecule has 0 spiro atoms. The molecule has 5 nitrogen and oxygen atoms in total. The van der Waals surface area contributed by atoms with Crippen LogP contribution in [0, 0.1) is 0 Å². The van der Waals surface area contributed by atoms with E-state index in [1.807, 2.05) is 18.2 Å². The maximum absolute atomic E-state index is 14.1. The normalized spacial score (nSPS) is 23.1. The molecule has 0 radical (unpaired) electrons. The number of methoxy groups -OCH3 is 1. The van der Waals surface area contributed by atoms with Crippen molar-refractivity contribution in [3.05, 3.63) is 42.0 Å². The zero-order valence-corrected chi connectivity index (χ0v) is 20.7. The van der Waals surface area contributed by atoms with Gasteiger partial charge in [-0.25, -0.2) is 0 Å². The summed E-state index contributed by atoms with van der Waals surface area (Å²) in [6, 6.07) is 12.9. The largest absolute Gasteiger partial charge is 0.497 e. The third-order valence-corrected chi connectivity index (χ3v) is 8.59. The van der Waals surface area contributed by atoms with Gasteiger partial charge in [0, 0.05) is 19.1 Å². The van der Waals surface area contributed by atoms with Gasteiger partial charge in [-0.1, -0.05) is 49.9 Å². The molecule has 0 aromatic heterocycles. The molecule has 2 aromatic rings. The molecule has 2 aliphatic heterocycles. The van der Waals surface area contributed by atoms with Crippen molar-refractivity contribution in [1.29, 1.82) is 0 Å². The van der Waals surface area contributed by atoms with Gasteiger partial charge in [0.25, 0.3) is 0 Å². The van der Waals surface area contributed by atoms with Gasteiger partial charge in [0.15, 0.2) is 0 Å². The second kappa shape index (κ2) is 10.2. The first-order chi connectivity index (χ1) is 16.6. The highest BCUT2D eigenvalue weighted by Gasteiger charge is 2.45. The van der Waals surface area contributed by atoms with Gasteiger partial charge in [-0.3, -0.25) is 4.79 Å². The number of likely N-dealkylation sites (tertiary alicyclic amines) is 2. The molecular formula is C29H40N2O3. The summed E-state index contributed by atoms with van der Waals surface area (Å²) >= 11 is 0. The minimum Gasteiger partial charge on any atom is -0.497 e. The molecule has 34 heavy (non-hydrogen) atoms. The SMILES string of the molecule is COc1ccc2cc(C(C(=O)N3CCC(N4CCCCC4)CC3)C3(O)CCCCC3)ccc2c1. The van der Waals surface area contributed by atoms with Crippen LogP contribution in [-0.2, 0) is 4.79 Å². The van der Waals surface area contributed by atoms with Crippen LogP contribution in [0.5, 0.6) is 5.75 Å². The monoisotopic (exact) mass is 464 g/mol. The zero-order valence-electron chi connectivity index (χ0n) is 20.7. The number of carbonyl (C=O) groups is 1. The fraction of sp³-hybridized carbons (Fsp3) is 0.621. The van der Waals surface area contributed by atoms with Crippen molar-refractivity contribution in [2.24, 2.45) is 0 Å². The number of benzene rings is 2. The Hall–Kier alpha value is -2.11. The highest BCUT2D eigenvalue weighted by molar-refractivity contribution is 5.89. The minimum atomic E-state index is -0.959. The highest BCUT2D eigenvalue weighted by atomic mass is 16.5. The van der Waals surface area contributed by atoms with E-state index >= 15 is 0 Å². The lowest BCUT2D eigenvalue weighted by atomic mass is 9.71. The summed E-state index contributed by atoms with van der Waals surface area (Å²) in [6.45, 7) is 4.03. The lowest BCUT2D eigenvalue weighted by Crippen LogP contribution is -2.52. The van der Waals surface area contributed by atoms with Crippen LogP contribution in [0.2, 0.25) is 0 Å². The summed E-state index contributed by atoms with van der Waals surface area (Å²) in [6.07, 6.45) is 10.6. The summed E-state index contributed by atoms with van der Waals surface area (Å²) in [5.41, 5.74) is -0.00985. The quantitative estimate of drug-likeness (QED) is 0.669. The van der Waals surface area contributed by atoms with Crippen LogP contribution >= 0.6 is 0 Å². The van der Waals surface area contributed by atoms with Crippen molar-refractivity contribution in [3.8, 4) is 5.75 Å². The van der Waals surface area contributed by atoms with E-state index in [2.05, 4.69) is 28.0 Å². The Balaban J connectivity index is 1.39. The molecule has 3 aliphatic rings. The lowest BCUT2D eigenvalue weighted by molar-refractivity contribution is -0.143. The number of hydrogen-bond acceptors (Lipinski definition) is 4. The van der Waals surface area contributed by atoms with Gasteiger partial charge in [0.2, 0.25) is 5.91 Å². The molecular weight excluding hydrogens is 424 g/mol. The molecule has 3 fully saturated rings. The van der Waals surface area contributed by atoms with Gasteiger partial charge in [0.1, 0.15) is 5.75 Å². The van der Waals surface area contributed by atoms with Crippen LogP contribution in [0.4, 0.5) is 0 Å². The Labute approximate surface area is 204 Å². The summed E-state index contributed by atoms with van der Waals surface area (Å²) in [5.74, 6) is 0.454. The molecule has 1 N–H and O–H groups in total. The Kier molecular flexibility index (Phi) is 7.12. The Morgan fingerprint density at radius 3 is 2.26 bits per heavy atom. The van der Waals surface area contributed by atoms with Crippen LogP contribution in [0.3, 0.4) is 0 Å². The first kappa shape index (κ1) is 23.6. The summed E-state index contributed by atoms with van der Waals surface area (Å²) in [4.78, 5) is 18.8. The second-order valence-electron chi connectivity index (χ2n) is 10.7. The third kappa shape index (κ3) is 4.83. The topological polar surface area (TPSA) is 53.0 Å². The van der Waals surface area contributed by atoms with Crippen LogP contribution in [0.25, 0.3) is 10.8 Å². The van der Waals surface area contributed by atoms with E-state index in [-0.39, 0.29) is 5.91 Å². The standard InChI is InChI=1S/C29H40N2O3/c1-34-26-11-10-22-20-24(9-8-23(22)21-26)27(29(33)14-4-2-5-15-29)28(32)31-18-12-25(13-19-31)30-16-6-3-7-17-30/h8-11,20-21,25,27,33H,2-7,12-19H2,1H3. The Morgan fingerprint density at radius 1 is 0.912 bits per heavy atom. The first-order valence-corrected chi connectivity index (χ1v) is 13.4. The van der Waals surface area contributed by atoms with Crippen molar-refractivity contribution >= 4 is 16.7 Å². The molecule has 1 atom stereocenters. The van der Waals surface area contributed by atoms with E-state index in [0.29, 0.717) is 18.9 Å². The molecule has 2 heterocycles. The predicted molar refractivity (Wildman–Crippen MR) is 136 cm³/mol. The molecule has 5 heteroatoms. The van der Waals surface area contributed by atoms with Gasteiger partial charge in [-0.15, -0.1) is 0 Å². The zero-order chi connectivity index (χ0) is 23.5. The van der Waals surface area contributed by atoms with E-state index in [4.69, 9.17) is 4.74 Å². The summed E-state index contributed by atoms with van der Waals surface area (Å²) < 4.78 is 5.38. The molecule has 1 unspecified atom stereocenters. The molecule has 1 aliphatic carbocycles. The number of rotatable bonds is 5. The second-order valence-corrected chi connectivity index (χ2v) is 10.7. The van der Waals surface area contributed by atoms with Gasteiger partial charge < -0.3 is 19.6 Å². The number of carbonyl (C=O) groups excluding carboxylic acids is 1. The van der Waals surface area contributed by atoms with Crippen molar-refractivity contribution in [2.75, 3.05) is 33.3 Å². The third-order valence-electron chi connectivity index (χ3n) is 8.59. The Morgan fingerprint density at radius 2 is 1.56 bits per heavy atom. The fourth-order valence-electron chi connectivity index (χ4n) is 6.60. The number of amides is 1. The first-order valence-electron chi connectivity index (χ1n) is 13.4. The maximum Gasteiger partial charge on any atom is 0.233 e. The van der Waals surface area contributed by atoms with E-state index in [9.17, 15) is 9.90 Å². The summed E-state index contributed by atoms with van der Waals surface area (Å²) in [7, 11) is 1.68. The lowest BCUT2D eigenvalue weighted by Gasteiger charge is -2.44. The van der Waals surface area contributed by atoms with Gasteiger partial charge in [-0.05, 0) is 80.1 Å². The van der Waals surface area contributed by atoms with Crippen LogP contribution in [0.1, 0.15) is 75.7 Å². The molecule has 2 saturated heterocycles. The van der Waals surface area contributed by atoms with Crippen LogP contribution in [-0.4, -0.2) is 65.7 Å². The summed E-state index contributed by atoms with van der Waals surface area (Å²) in [5, 5.41) is 14.0. The van der Waals surface area contributed by atoms with E-state index < -0.39 is 11.5 Å². The molecule has 184 valence electrons. The van der Waals surface area contributed by atoms with Crippen molar-refractivity contribution in [3.63, 3.8) is 0 Å². The maximum atomic E-state index is 14.1. The number of ether oxygens (including phenoxy) is 1. The number of fused-ring (bicyclic) bond motifs is 1. The molecule has 1 saturated carbocycles. The molecule has 0 bridgehead atoms. The number of nitrogens with zero attached hydrogens (tertiary/aromatic N) is 2. The smallest absolute Gasteiger partial charge is 0.233 e. The van der Waals surface area contributed by atoms with Crippen LogP contribution < -0.4 is 4.74 Å². The Bertz CT molecular complexity index is 986. The van der Waals surface area contributed by atoms with E-state index in [1.54, 1.807) is 7.11 Å². The molecule has 2 aromatic carbocycles. The van der Waals surface area contributed by atoms with Gasteiger partial charge in [0.05, 0.1) is 18.6 Å². The average molecular weight is 465 g/mol. The minimum absolute atomic E-state index is 0.120. The van der Waals surface area contributed by atoms with E-state index in [1.165, 1.54) is 32.4 Å². The fourth-order valence-corrected chi connectivity index (χ4v) is 6.60.